The fraction of sp³-hybridized carbons (Fsp3) is 0. The van der Waals surface area contributed by atoms with Crippen LogP contribution in [0.15, 0.2) is 174 Å². The molecule has 0 saturated carbocycles. The van der Waals surface area contributed by atoms with Gasteiger partial charge in [0.15, 0.2) is 17.5 Å². The highest BCUT2D eigenvalue weighted by atomic mass is 16.3. The second-order valence-corrected chi connectivity index (χ2v) is 11.5. The minimum Gasteiger partial charge on any atom is -0.456 e. The van der Waals surface area contributed by atoms with Crippen molar-refractivity contribution in [2.45, 2.75) is 0 Å². The van der Waals surface area contributed by atoms with Gasteiger partial charge in [0, 0.05) is 43.9 Å². The van der Waals surface area contributed by atoms with Gasteiger partial charge in [0.25, 0.3) is 0 Å². The van der Waals surface area contributed by atoms with Crippen LogP contribution in [0.4, 0.5) is 0 Å². The van der Waals surface area contributed by atoms with E-state index in [4.69, 9.17) is 29.5 Å². The monoisotopic (exact) mass is 652 g/mol. The van der Waals surface area contributed by atoms with Crippen molar-refractivity contribution in [2.75, 3.05) is 0 Å². The number of hydrogen-bond acceptors (Lipinski definition) is 4. The van der Waals surface area contributed by atoms with Gasteiger partial charge in [-0.3, -0.25) is 0 Å². The number of benzene rings is 7. The Bertz CT molecular complexity index is 3540. The first-order chi connectivity index (χ1) is 29.8. The molecule has 0 spiro atoms. The zero-order valence-corrected chi connectivity index (χ0v) is 25.9. The Balaban J connectivity index is 1.28. The number of para-hydroxylation sites is 3. The van der Waals surface area contributed by atoms with Crippen LogP contribution < -0.4 is 0 Å². The van der Waals surface area contributed by atoms with Gasteiger partial charge in [-0.1, -0.05) is 127 Å². The predicted octanol–water partition coefficient (Wildman–Crippen LogP) is 11.5. The first kappa shape index (κ1) is 18.6. The molecule has 3 heterocycles. The summed E-state index contributed by atoms with van der Waals surface area (Å²) in [4.78, 5) is 14.1. The summed E-state index contributed by atoms with van der Waals surface area (Å²) in [6.07, 6.45) is 0. The highest BCUT2D eigenvalue weighted by Crippen LogP contribution is 2.40. The van der Waals surface area contributed by atoms with E-state index < -0.39 is 72.5 Å². The maximum atomic E-state index is 9.17. The van der Waals surface area contributed by atoms with Crippen molar-refractivity contribution in [1.82, 2.24) is 19.5 Å². The van der Waals surface area contributed by atoms with Crippen LogP contribution in [0.5, 0.6) is 0 Å². The molecule has 5 heteroatoms. The average molecular weight is 653 g/mol. The molecular formula is C45H28N4O. The van der Waals surface area contributed by atoms with E-state index in [0.717, 1.165) is 38.6 Å². The lowest BCUT2D eigenvalue weighted by atomic mass is 9.97. The molecule has 50 heavy (non-hydrogen) atoms. The molecule has 0 unspecified atom stereocenters. The van der Waals surface area contributed by atoms with Crippen LogP contribution in [0.1, 0.15) is 16.4 Å². The van der Waals surface area contributed by atoms with Crippen LogP contribution in [0, 0.1) is 0 Å². The molecule has 0 bridgehead atoms. The second kappa shape index (κ2) is 11.4. The maximum Gasteiger partial charge on any atom is 0.164 e. The van der Waals surface area contributed by atoms with Gasteiger partial charge in [-0.05, 0) is 53.5 Å². The van der Waals surface area contributed by atoms with Crippen LogP contribution in [0.2, 0.25) is 0 Å². The SMILES string of the molecule is [2H]c1c([2H])c([2H])c(-c2nc(-c3cccc(-c4cccc5c4c4ccccc4n5-c4ccccc4)c3)nc(-c3c([2H])c([2H])c([2H])c4oc5c([2H])c([2H])c([2H])c([2H])c5c34)n2)c([2H])c1[2H]. The summed E-state index contributed by atoms with van der Waals surface area (Å²) < 4.78 is 112. The van der Waals surface area contributed by atoms with Gasteiger partial charge in [0.2, 0.25) is 0 Å². The van der Waals surface area contributed by atoms with Crippen molar-refractivity contribution >= 4 is 43.7 Å². The molecule has 0 saturated heterocycles. The van der Waals surface area contributed by atoms with E-state index in [1.807, 2.05) is 66.7 Å². The molecule has 0 amide bonds. The molecule has 0 aliphatic rings. The van der Waals surface area contributed by atoms with E-state index in [1.54, 1.807) is 12.1 Å². The average Bonchev–Trinajstić information content (AvgIpc) is 3.86. The Labute approximate surface area is 304 Å². The number of fused-ring (bicyclic) bond motifs is 6. The topological polar surface area (TPSA) is 56.7 Å². The standard InChI is InChI=1S/C45H28N4O/c1-3-14-29(15-4-1)43-46-44(48-45(47-43)36-23-13-27-40-42(36)35-21-8-10-26-39(35)50-40)31-17-11-16-30(28-31)33-22-12-25-38-41(33)34-20-7-9-24-37(34)49(38)32-18-5-2-6-19-32/h1-28H/i1D,3D,4D,8D,10D,13D,14D,15D,21D,23D,26D,27D. The van der Waals surface area contributed by atoms with Gasteiger partial charge in [-0.15, -0.1) is 0 Å². The van der Waals surface area contributed by atoms with E-state index in [9.17, 15) is 1.37 Å². The Morgan fingerprint density at radius 1 is 0.460 bits per heavy atom. The van der Waals surface area contributed by atoms with Crippen molar-refractivity contribution in [3.05, 3.63) is 170 Å². The summed E-state index contributed by atoms with van der Waals surface area (Å²) in [5.74, 6) is -0.723. The smallest absolute Gasteiger partial charge is 0.164 e. The number of hydrogen-bond donors (Lipinski definition) is 0. The molecule has 5 nitrogen and oxygen atoms in total. The van der Waals surface area contributed by atoms with Crippen LogP contribution >= 0.6 is 0 Å². The molecule has 10 rings (SSSR count). The normalized spacial score (nSPS) is 15.0. The third kappa shape index (κ3) is 4.52. The summed E-state index contributed by atoms with van der Waals surface area (Å²) >= 11 is 0. The Morgan fingerprint density at radius 3 is 2.06 bits per heavy atom. The lowest BCUT2D eigenvalue weighted by Gasteiger charge is -2.11. The van der Waals surface area contributed by atoms with Crippen LogP contribution in [0.3, 0.4) is 0 Å². The van der Waals surface area contributed by atoms with Gasteiger partial charge < -0.3 is 8.98 Å². The van der Waals surface area contributed by atoms with Crippen molar-refractivity contribution in [3.63, 3.8) is 0 Å². The Kier molecular flexibility index (Phi) is 4.24. The Morgan fingerprint density at radius 2 is 1.16 bits per heavy atom. The van der Waals surface area contributed by atoms with E-state index in [-0.39, 0.29) is 50.5 Å². The van der Waals surface area contributed by atoms with Gasteiger partial charge in [-0.2, -0.15) is 0 Å². The molecule has 0 N–H and O–H groups in total. The fourth-order valence-electron chi connectivity index (χ4n) is 6.56. The van der Waals surface area contributed by atoms with E-state index >= 15 is 0 Å². The first-order valence-electron chi connectivity index (χ1n) is 21.7. The van der Waals surface area contributed by atoms with Crippen LogP contribution in [-0.2, 0) is 0 Å². The van der Waals surface area contributed by atoms with Crippen molar-refractivity contribution in [3.8, 4) is 51.0 Å². The third-order valence-corrected chi connectivity index (χ3v) is 8.67. The quantitative estimate of drug-likeness (QED) is 0.186. The molecule has 0 aliphatic heterocycles. The van der Waals surface area contributed by atoms with Crippen molar-refractivity contribution < 1.29 is 20.9 Å². The summed E-state index contributed by atoms with van der Waals surface area (Å²) in [5, 5.41) is 1.70. The van der Waals surface area contributed by atoms with Gasteiger partial charge in [0.05, 0.1) is 27.5 Å². The lowest BCUT2D eigenvalue weighted by Crippen LogP contribution is -2.00. The second-order valence-electron chi connectivity index (χ2n) is 11.5. The predicted molar refractivity (Wildman–Crippen MR) is 203 cm³/mol. The summed E-state index contributed by atoms with van der Waals surface area (Å²) in [6.45, 7) is 0. The number of furan rings is 1. The fourth-order valence-corrected chi connectivity index (χ4v) is 6.56. The maximum absolute atomic E-state index is 9.17. The van der Waals surface area contributed by atoms with Crippen LogP contribution in [-0.4, -0.2) is 19.5 Å². The molecule has 0 aliphatic carbocycles. The minimum atomic E-state index is -0.637. The van der Waals surface area contributed by atoms with Gasteiger partial charge in [0.1, 0.15) is 11.2 Å². The number of nitrogens with zero attached hydrogens (tertiary/aromatic N) is 4. The van der Waals surface area contributed by atoms with E-state index in [2.05, 4.69) is 27.8 Å². The molecular weight excluding hydrogens is 613 g/mol. The molecule has 7 aromatic carbocycles. The molecule has 3 aromatic heterocycles. The molecule has 0 atom stereocenters. The van der Waals surface area contributed by atoms with Gasteiger partial charge >= 0.3 is 0 Å². The summed E-state index contributed by atoms with van der Waals surface area (Å²) in [7, 11) is 0. The Hall–Kier alpha value is -6.85. The highest BCUT2D eigenvalue weighted by Gasteiger charge is 2.19. The van der Waals surface area contributed by atoms with E-state index in [0.29, 0.717) is 5.56 Å². The van der Waals surface area contributed by atoms with Gasteiger partial charge in [-0.25, -0.2) is 15.0 Å². The molecule has 10 aromatic rings. The number of aromatic nitrogens is 4. The lowest BCUT2D eigenvalue weighted by molar-refractivity contribution is 0.669. The van der Waals surface area contributed by atoms with Crippen LogP contribution in [0.25, 0.3) is 94.7 Å². The van der Waals surface area contributed by atoms with E-state index in [1.165, 1.54) is 0 Å². The molecule has 0 radical (unpaired) electrons. The zero-order chi connectivity index (χ0) is 43.5. The third-order valence-electron chi connectivity index (χ3n) is 8.67. The minimum absolute atomic E-state index is 0.0405. The van der Waals surface area contributed by atoms with Crippen molar-refractivity contribution in [2.24, 2.45) is 0 Å². The number of rotatable bonds is 5. The highest BCUT2D eigenvalue weighted by molar-refractivity contribution is 6.16. The first-order valence-corrected chi connectivity index (χ1v) is 15.7. The van der Waals surface area contributed by atoms with Crippen molar-refractivity contribution in [1.29, 1.82) is 0 Å². The molecule has 0 fully saturated rings. The largest absolute Gasteiger partial charge is 0.456 e. The summed E-state index contributed by atoms with van der Waals surface area (Å²) in [6, 6.07) is 24.4. The zero-order valence-electron chi connectivity index (χ0n) is 37.9. The molecule has 234 valence electrons. The summed E-state index contributed by atoms with van der Waals surface area (Å²) in [5.41, 5.74) is 3.81.